The Hall–Kier alpha value is -1.24. The van der Waals surface area contributed by atoms with E-state index in [2.05, 4.69) is 36.2 Å². The molecule has 12 heavy (non-hydrogen) atoms. The second-order valence-electron chi connectivity index (χ2n) is 2.82. The van der Waals surface area contributed by atoms with Gasteiger partial charge < -0.3 is 4.98 Å². The second kappa shape index (κ2) is 3.96. The van der Waals surface area contributed by atoms with Crippen LogP contribution >= 0.6 is 0 Å². The van der Waals surface area contributed by atoms with Crippen LogP contribution in [0.3, 0.4) is 0 Å². The topological polar surface area (TPSA) is 15.8 Å². The summed E-state index contributed by atoms with van der Waals surface area (Å²) < 4.78 is 0. The van der Waals surface area contributed by atoms with Gasteiger partial charge in [0.05, 0.1) is 0 Å². The van der Waals surface area contributed by atoms with Crippen molar-refractivity contribution in [1.82, 2.24) is 4.98 Å². The maximum atomic E-state index is 3.29. The van der Waals surface area contributed by atoms with Crippen LogP contribution in [0.5, 0.6) is 0 Å². The average molecular weight is 161 g/mol. The van der Waals surface area contributed by atoms with Crippen molar-refractivity contribution in [1.29, 1.82) is 0 Å². The van der Waals surface area contributed by atoms with Crippen molar-refractivity contribution in [3.63, 3.8) is 0 Å². The summed E-state index contributed by atoms with van der Waals surface area (Å²) in [6, 6.07) is 2.15. The molecule has 1 rings (SSSR count). The maximum absolute atomic E-state index is 3.29. The number of aromatic amines is 1. The molecule has 0 aromatic carbocycles. The molecule has 64 valence electrons. The zero-order valence-corrected chi connectivity index (χ0v) is 7.89. The largest absolute Gasteiger partial charge is 0.359 e. The molecule has 0 aliphatic carbocycles. The lowest BCUT2D eigenvalue weighted by Gasteiger charge is -1.89. The molecule has 0 fully saturated rings. The number of rotatable bonds is 2. The van der Waals surface area contributed by atoms with Gasteiger partial charge in [0.2, 0.25) is 0 Å². The van der Waals surface area contributed by atoms with E-state index in [9.17, 15) is 0 Å². The van der Waals surface area contributed by atoms with E-state index in [0.717, 1.165) is 0 Å². The van der Waals surface area contributed by atoms with Gasteiger partial charge in [0.1, 0.15) is 0 Å². The first kappa shape index (κ1) is 8.85. The van der Waals surface area contributed by atoms with Crippen molar-refractivity contribution in [3.05, 3.63) is 35.2 Å². The van der Waals surface area contributed by atoms with Crippen LogP contribution < -0.4 is 0 Å². The van der Waals surface area contributed by atoms with Crippen molar-refractivity contribution < 1.29 is 0 Å². The molecule has 1 heteroatoms. The van der Waals surface area contributed by atoms with Crippen LogP contribution in [-0.2, 0) is 0 Å². The first-order valence-corrected chi connectivity index (χ1v) is 4.23. The Morgan fingerprint density at radius 3 is 2.42 bits per heavy atom. The molecule has 0 radical (unpaired) electrons. The predicted molar refractivity (Wildman–Crippen MR) is 54.9 cm³/mol. The summed E-state index contributed by atoms with van der Waals surface area (Å²) in [4.78, 5) is 3.29. The molecule has 0 amide bonds. The quantitative estimate of drug-likeness (QED) is 0.684. The van der Waals surface area contributed by atoms with Gasteiger partial charge in [0.25, 0.3) is 0 Å². The minimum Gasteiger partial charge on any atom is -0.359 e. The minimum absolute atomic E-state index is 1.19. The average Bonchev–Trinajstić information content (AvgIpc) is 2.33. The van der Waals surface area contributed by atoms with E-state index in [1.54, 1.807) is 0 Å². The Labute approximate surface area is 73.8 Å². The molecule has 1 N–H and O–H groups in total. The van der Waals surface area contributed by atoms with Crippen molar-refractivity contribution in [2.45, 2.75) is 20.8 Å². The van der Waals surface area contributed by atoms with E-state index in [1.807, 2.05) is 19.9 Å². The monoisotopic (exact) mass is 161 g/mol. The Morgan fingerprint density at radius 1 is 1.17 bits per heavy atom. The predicted octanol–water partition coefficient (Wildman–Crippen LogP) is 3.39. The maximum Gasteiger partial charge on any atom is 0.0452 e. The Kier molecular flexibility index (Phi) is 2.92. The van der Waals surface area contributed by atoms with Crippen LogP contribution in [0, 0.1) is 6.92 Å². The van der Waals surface area contributed by atoms with Crippen LogP contribution in [-0.4, -0.2) is 4.98 Å². The lowest BCUT2D eigenvalue weighted by Crippen LogP contribution is -1.74. The Morgan fingerprint density at radius 2 is 1.83 bits per heavy atom. The fourth-order valence-electron chi connectivity index (χ4n) is 1.25. The SMILES string of the molecule is CC=Cc1cc(C)[nH]c1/C=C\C. The van der Waals surface area contributed by atoms with E-state index >= 15 is 0 Å². The minimum atomic E-state index is 1.19. The summed E-state index contributed by atoms with van der Waals surface area (Å²) in [5.74, 6) is 0. The number of nitrogens with one attached hydrogen (secondary N) is 1. The second-order valence-corrected chi connectivity index (χ2v) is 2.82. The number of hydrogen-bond acceptors (Lipinski definition) is 0. The lowest BCUT2D eigenvalue weighted by molar-refractivity contribution is 1.25. The smallest absolute Gasteiger partial charge is 0.0452 e. The molecule has 0 aliphatic rings. The van der Waals surface area contributed by atoms with E-state index in [0.29, 0.717) is 0 Å². The molecule has 1 aromatic rings. The molecule has 0 aliphatic heterocycles. The molecule has 0 spiro atoms. The number of aryl methyl sites for hydroxylation is 1. The molecule has 0 unspecified atom stereocenters. The molecule has 1 aromatic heterocycles. The summed E-state index contributed by atoms with van der Waals surface area (Å²) >= 11 is 0. The molecule has 1 heterocycles. The highest BCUT2D eigenvalue weighted by Crippen LogP contribution is 2.13. The van der Waals surface area contributed by atoms with E-state index in [1.165, 1.54) is 17.0 Å². The summed E-state index contributed by atoms with van der Waals surface area (Å²) in [7, 11) is 0. The molecule has 0 bridgehead atoms. The van der Waals surface area contributed by atoms with Gasteiger partial charge in [-0.25, -0.2) is 0 Å². The highest BCUT2D eigenvalue weighted by Gasteiger charge is 1.97. The number of hydrogen-bond donors (Lipinski definition) is 1. The number of aromatic nitrogens is 1. The van der Waals surface area contributed by atoms with Crippen LogP contribution in [0.1, 0.15) is 30.8 Å². The van der Waals surface area contributed by atoms with Crippen LogP contribution in [0.2, 0.25) is 0 Å². The standard InChI is InChI=1S/C11H15N/c1-4-6-10-8-9(3)12-11(10)7-5-2/h4-8,12H,1-3H3/b6-4?,7-5-. The van der Waals surface area contributed by atoms with Gasteiger partial charge in [-0.05, 0) is 38.5 Å². The van der Waals surface area contributed by atoms with Gasteiger partial charge in [-0.3, -0.25) is 0 Å². The third kappa shape index (κ3) is 1.88. The van der Waals surface area contributed by atoms with Crippen LogP contribution in [0.25, 0.3) is 12.2 Å². The summed E-state index contributed by atoms with van der Waals surface area (Å²) in [6.45, 7) is 6.12. The third-order valence-corrected chi connectivity index (χ3v) is 1.69. The normalized spacial score (nSPS) is 11.9. The number of H-pyrrole nitrogens is 1. The lowest BCUT2D eigenvalue weighted by atomic mass is 10.2. The van der Waals surface area contributed by atoms with Crippen LogP contribution in [0.15, 0.2) is 18.2 Å². The van der Waals surface area contributed by atoms with Gasteiger partial charge >= 0.3 is 0 Å². The van der Waals surface area contributed by atoms with E-state index in [-0.39, 0.29) is 0 Å². The molecule has 1 nitrogen and oxygen atoms in total. The first-order valence-electron chi connectivity index (χ1n) is 4.23. The molecule has 0 atom stereocenters. The first-order chi connectivity index (χ1) is 5.77. The molecular weight excluding hydrogens is 146 g/mol. The highest BCUT2D eigenvalue weighted by atomic mass is 14.7. The third-order valence-electron chi connectivity index (χ3n) is 1.69. The summed E-state index contributed by atoms with van der Waals surface area (Å²) in [6.07, 6.45) is 8.29. The zero-order valence-electron chi connectivity index (χ0n) is 7.89. The van der Waals surface area contributed by atoms with Crippen molar-refractivity contribution in [2.75, 3.05) is 0 Å². The van der Waals surface area contributed by atoms with Gasteiger partial charge in [-0.15, -0.1) is 0 Å². The van der Waals surface area contributed by atoms with Crippen molar-refractivity contribution in [2.24, 2.45) is 0 Å². The van der Waals surface area contributed by atoms with E-state index < -0.39 is 0 Å². The number of allylic oxidation sites excluding steroid dienone is 2. The fraction of sp³-hybridized carbons (Fsp3) is 0.273. The molecular formula is C11H15N. The van der Waals surface area contributed by atoms with Gasteiger partial charge in [-0.1, -0.05) is 18.2 Å². The van der Waals surface area contributed by atoms with Crippen LogP contribution in [0.4, 0.5) is 0 Å². The summed E-state index contributed by atoms with van der Waals surface area (Å²) in [5, 5.41) is 0. The van der Waals surface area contributed by atoms with Gasteiger partial charge in [0, 0.05) is 11.4 Å². The Bertz CT molecular complexity index is 273. The Balaban J connectivity index is 3.07. The summed E-state index contributed by atoms with van der Waals surface area (Å²) in [5.41, 5.74) is 3.65. The molecule has 0 saturated heterocycles. The fourth-order valence-corrected chi connectivity index (χ4v) is 1.25. The van der Waals surface area contributed by atoms with Gasteiger partial charge in [-0.2, -0.15) is 0 Å². The highest BCUT2D eigenvalue weighted by molar-refractivity contribution is 5.63. The van der Waals surface area contributed by atoms with Crippen molar-refractivity contribution >= 4 is 12.2 Å². The van der Waals surface area contributed by atoms with Crippen molar-refractivity contribution in [3.8, 4) is 0 Å². The zero-order chi connectivity index (χ0) is 8.97. The van der Waals surface area contributed by atoms with Gasteiger partial charge in [0.15, 0.2) is 0 Å². The van der Waals surface area contributed by atoms with E-state index in [4.69, 9.17) is 0 Å². The molecule has 0 saturated carbocycles.